The summed E-state index contributed by atoms with van der Waals surface area (Å²) < 4.78 is 8.80. The number of hydrogen-bond donors (Lipinski definition) is 7. The SMILES string of the molecule is CC1=C(N)C(=O)c2c(CO)c3n(c2C1=O)C[C@H](N)[C@@H]3Nc1nc2c(ncn2C2CC(O)C(CO)O2)c(=O)[nH]1. The summed E-state index contributed by atoms with van der Waals surface area (Å²) in [5.74, 6) is -0.917. The highest BCUT2D eigenvalue weighted by Crippen LogP contribution is 2.40. The lowest BCUT2D eigenvalue weighted by atomic mass is 9.89. The van der Waals surface area contributed by atoms with Gasteiger partial charge in [0.1, 0.15) is 18.0 Å². The molecule has 1 saturated heterocycles. The largest absolute Gasteiger partial charge is 0.395 e. The Kier molecular flexibility index (Phi) is 5.51. The summed E-state index contributed by atoms with van der Waals surface area (Å²) in [6, 6.07) is -1.33. The van der Waals surface area contributed by atoms with Crippen LogP contribution in [0.4, 0.5) is 5.95 Å². The fraction of sp³-hybridized carbons (Fsp3) is 0.435. The topological polar surface area (TPSA) is 237 Å². The standard InChI is InChI=1S/C23H26N8O7/c1-7-14(25)20(36)13-8(4-32)17-15(9(24)3-30(17)18(13)19(7)35)27-23-28-21-16(22(37)29-23)26-6-31(21)12-2-10(34)11(5-33)38-12/h6,9-12,15,32-34H,2-5,24-25H2,1H3,(H2,27,28,29,37)/t9-,10?,11?,12?,15-/m0/s1. The van der Waals surface area contributed by atoms with Crippen LogP contribution in [0.5, 0.6) is 0 Å². The van der Waals surface area contributed by atoms with E-state index in [-0.39, 0.29) is 64.8 Å². The summed E-state index contributed by atoms with van der Waals surface area (Å²) in [6.45, 7) is 0.740. The molecule has 0 radical (unpaired) electrons. The molecule has 0 amide bonds. The first-order chi connectivity index (χ1) is 18.2. The molecule has 6 rings (SSSR count). The normalized spacial score (nSPS) is 26.9. The van der Waals surface area contributed by atoms with E-state index in [0.29, 0.717) is 5.69 Å². The zero-order valence-corrected chi connectivity index (χ0v) is 20.2. The lowest BCUT2D eigenvalue weighted by Crippen LogP contribution is -2.33. The molecule has 0 spiro atoms. The predicted octanol–water partition coefficient (Wildman–Crippen LogP) is -1.84. The molecular weight excluding hydrogens is 500 g/mol. The van der Waals surface area contributed by atoms with Crippen molar-refractivity contribution in [2.24, 2.45) is 11.5 Å². The number of anilines is 1. The van der Waals surface area contributed by atoms with E-state index in [1.165, 1.54) is 17.8 Å². The molecular formula is C23H26N8O7. The number of imidazole rings is 1. The molecule has 9 N–H and O–H groups in total. The maximum Gasteiger partial charge on any atom is 0.280 e. The summed E-state index contributed by atoms with van der Waals surface area (Å²) >= 11 is 0. The monoisotopic (exact) mass is 526 g/mol. The summed E-state index contributed by atoms with van der Waals surface area (Å²) in [6.07, 6.45) is -0.839. The van der Waals surface area contributed by atoms with E-state index in [1.807, 2.05) is 0 Å². The third-order valence-electron chi connectivity index (χ3n) is 7.53. The molecule has 15 heteroatoms. The van der Waals surface area contributed by atoms with E-state index in [1.54, 1.807) is 4.57 Å². The van der Waals surface area contributed by atoms with Crippen LogP contribution in [0.1, 0.15) is 57.7 Å². The van der Waals surface area contributed by atoms with Crippen molar-refractivity contribution >= 4 is 28.7 Å². The number of aliphatic hydroxyl groups is 3. The number of allylic oxidation sites excluding steroid dienone is 2. The zero-order valence-electron chi connectivity index (χ0n) is 20.2. The number of fused-ring (bicyclic) bond motifs is 4. The van der Waals surface area contributed by atoms with E-state index in [0.717, 1.165) is 0 Å². The number of aromatic amines is 1. The molecule has 0 saturated carbocycles. The molecule has 200 valence electrons. The van der Waals surface area contributed by atoms with Crippen LogP contribution in [-0.4, -0.2) is 75.8 Å². The molecule has 2 aliphatic heterocycles. The minimum absolute atomic E-state index is 0.0323. The van der Waals surface area contributed by atoms with Crippen LogP contribution in [0.2, 0.25) is 0 Å². The lowest BCUT2D eigenvalue weighted by Gasteiger charge is -2.20. The van der Waals surface area contributed by atoms with Crippen molar-refractivity contribution in [3.63, 3.8) is 0 Å². The molecule has 3 unspecified atom stereocenters. The van der Waals surface area contributed by atoms with E-state index in [2.05, 4.69) is 20.3 Å². The first-order valence-electron chi connectivity index (χ1n) is 12.0. The van der Waals surface area contributed by atoms with Crippen molar-refractivity contribution in [3.05, 3.63) is 50.5 Å². The maximum absolute atomic E-state index is 13.1. The van der Waals surface area contributed by atoms with Crippen molar-refractivity contribution in [2.75, 3.05) is 11.9 Å². The third-order valence-corrected chi connectivity index (χ3v) is 7.53. The number of Topliss-reactive ketones (excluding diaryl/α,β-unsaturated/α-hetero) is 2. The average Bonchev–Trinajstić information content (AvgIpc) is 3.63. The van der Waals surface area contributed by atoms with E-state index >= 15 is 0 Å². The molecule has 15 nitrogen and oxygen atoms in total. The number of hydrogen-bond acceptors (Lipinski definition) is 12. The highest BCUT2D eigenvalue weighted by molar-refractivity contribution is 6.26. The number of carbonyl (C=O) groups excluding carboxylic acids is 2. The van der Waals surface area contributed by atoms with Crippen LogP contribution >= 0.6 is 0 Å². The molecule has 3 aromatic heterocycles. The molecule has 5 heterocycles. The van der Waals surface area contributed by atoms with Crippen LogP contribution in [-0.2, 0) is 17.9 Å². The van der Waals surface area contributed by atoms with Gasteiger partial charge in [-0.1, -0.05) is 0 Å². The number of H-pyrrole nitrogens is 1. The number of aromatic nitrogens is 5. The number of ether oxygens (including phenoxy) is 1. The number of rotatable bonds is 5. The van der Waals surface area contributed by atoms with Gasteiger partial charge in [-0.2, -0.15) is 4.98 Å². The van der Waals surface area contributed by atoms with Crippen molar-refractivity contribution < 1.29 is 29.6 Å². The number of nitrogens with two attached hydrogens (primary N) is 2. The van der Waals surface area contributed by atoms with Gasteiger partial charge in [0, 0.05) is 35.8 Å². The molecule has 3 aliphatic rings. The predicted molar refractivity (Wildman–Crippen MR) is 130 cm³/mol. The van der Waals surface area contributed by atoms with Gasteiger partial charge in [-0.25, -0.2) is 4.98 Å². The van der Waals surface area contributed by atoms with Crippen LogP contribution in [0.25, 0.3) is 11.2 Å². The van der Waals surface area contributed by atoms with Crippen LogP contribution in [0, 0.1) is 0 Å². The molecule has 1 fully saturated rings. The highest BCUT2D eigenvalue weighted by atomic mass is 16.5. The van der Waals surface area contributed by atoms with E-state index < -0.39 is 54.3 Å². The Balaban J connectivity index is 1.41. The smallest absolute Gasteiger partial charge is 0.280 e. The Morgan fingerprint density at radius 3 is 2.71 bits per heavy atom. The Morgan fingerprint density at radius 1 is 1.26 bits per heavy atom. The molecule has 0 bridgehead atoms. The van der Waals surface area contributed by atoms with Gasteiger partial charge < -0.3 is 41.4 Å². The summed E-state index contributed by atoms with van der Waals surface area (Å²) in [5.41, 5.74) is 12.8. The van der Waals surface area contributed by atoms with Crippen molar-refractivity contribution in [2.45, 2.75) is 57.0 Å². The van der Waals surface area contributed by atoms with Gasteiger partial charge in [-0.05, 0) is 6.92 Å². The first kappa shape index (κ1) is 24.4. The first-order valence-corrected chi connectivity index (χ1v) is 12.0. The van der Waals surface area contributed by atoms with Gasteiger partial charge >= 0.3 is 0 Å². The quantitative estimate of drug-likeness (QED) is 0.194. The number of aliphatic hydroxyl groups excluding tert-OH is 3. The average molecular weight is 527 g/mol. The molecule has 1 aliphatic carbocycles. The van der Waals surface area contributed by atoms with Crippen LogP contribution in [0.15, 0.2) is 22.4 Å². The second-order valence-electron chi connectivity index (χ2n) is 9.69. The van der Waals surface area contributed by atoms with Gasteiger partial charge in [0.2, 0.25) is 17.5 Å². The van der Waals surface area contributed by atoms with E-state index in [9.17, 15) is 29.7 Å². The Hall–Kier alpha value is -3.89. The Bertz CT molecular complexity index is 1600. The second-order valence-corrected chi connectivity index (χ2v) is 9.69. The van der Waals surface area contributed by atoms with Crippen molar-refractivity contribution in [1.29, 1.82) is 0 Å². The van der Waals surface area contributed by atoms with E-state index in [4.69, 9.17) is 16.2 Å². The number of ketones is 2. The highest BCUT2D eigenvalue weighted by Gasteiger charge is 2.44. The second kappa shape index (κ2) is 8.57. The van der Waals surface area contributed by atoms with Crippen molar-refractivity contribution in [3.8, 4) is 0 Å². The third kappa shape index (κ3) is 3.30. The Morgan fingerprint density at radius 2 is 2.03 bits per heavy atom. The summed E-state index contributed by atoms with van der Waals surface area (Å²) in [5, 5.41) is 32.8. The minimum Gasteiger partial charge on any atom is -0.395 e. The fourth-order valence-electron chi connectivity index (χ4n) is 5.58. The van der Waals surface area contributed by atoms with Gasteiger partial charge in [0.25, 0.3) is 5.56 Å². The number of nitrogens with one attached hydrogen (secondary N) is 2. The van der Waals surface area contributed by atoms with Crippen LogP contribution in [0.3, 0.4) is 0 Å². The van der Waals surface area contributed by atoms with Gasteiger partial charge in [0.05, 0.1) is 42.9 Å². The summed E-state index contributed by atoms with van der Waals surface area (Å²) in [7, 11) is 0. The number of nitrogens with zero attached hydrogens (tertiary/aromatic N) is 4. The molecule has 0 aromatic carbocycles. The van der Waals surface area contributed by atoms with Gasteiger partial charge in [0.15, 0.2) is 11.2 Å². The molecule has 3 aromatic rings. The maximum atomic E-state index is 13.1. The molecule has 38 heavy (non-hydrogen) atoms. The van der Waals surface area contributed by atoms with Gasteiger partial charge in [-0.15, -0.1) is 0 Å². The Labute approximate surface area is 213 Å². The van der Waals surface area contributed by atoms with Gasteiger partial charge in [-0.3, -0.25) is 23.9 Å². The lowest BCUT2D eigenvalue weighted by molar-refractivity contribution is -0.0432. The van der Waals surface area contributed by atoms with Crippen LogP contribution < -0.4 is 22.3 Å². The molecule has 5 atom stereocenters. The minimum atomic E-state index is -0.896. The zero-order chi connectivity index (χ0) is 27.0. The van der Waals surface area contributed by atoms with Crippen molar-refractivity contribution in [1.82, 2.24) is 24.1 Å². The number of carbonyl (C=O) groups is 2. The fourth-order valence-corrected chi connectivity index (χ4v) is 5.58. The summed E-state index contributed by atoms with van der Waals surface area (Å²) in [4.78, 5) is 50.1.